The highest BCUT2D eigenvalue weighted by Gasteiger charge is 2.17. The van der Waals surface area contributed by atoms with Gasteiger partial charge in [0.2, 0.25) is 5.91 Å². The molecular formula is C19H40IN5O. The first-order valence-corrected chi connectivity index (χ1v) is 10.1. The molecule has 1 unspecified atom stereocenters. The summed E-state index contributed by atoms with van der Waals surface area (Å²) in [7, 11) is 0. The van der Waals surface area contributed by atoms with Crippen molar-refractivity contribution in [1.82, 2.24) is 20.4 Å². The fourth-order valence-electron chi connectivity index (χ4n) is 3.09. The van der Waals surface area contributed by atoms with Crippen molar-refractivity contribution in [2.45, 2.75) is 65.8 Å². The van der Waals surface area contributed by atoms with Crippen molar-refractivity contribution in [3.63, 3.8) is 0 Å². The second-order valence-corrected chi connectivity index (χ2v) is 7.00. The summed E-state index contributed by atoms with van der Waals surface area (Å²) in [6.07, 6.45) is 6.41. The largest absolute Gasteiger partial charge is 0.357 e. The Kier molecular flexibility index (Phi) is 15.1. The van der Waals surface area contributed by atoms with Crippen LogP contribution in [0, 0.1) is 0 Å². The van der Waals surface area contributed by atoms with Crippen LogP contribution in [0.3, 0.4) is 0 Å². The van der Waals surface area contributed by atoms with Gasteiger partial charge in [-0.1, -0.05) is 32.6 Å². The zero-order valence-corrected chi connectivity index (χ0v) is 19.6. The van der Waals surface area contributed by atoms with E-state index in [1.165, 1.54) is 32.1 Å². The first-order chi connectivity index (χ1) is 12.1. The normalized spacial score (nSPS) is 16.8. The standard InChI is InChI=1S/C19H39N5O.HI/c1-5-7-8-9-10-17(3)22-19(20-6-2)21-11-12-23-13-15-24(16-14-23)18(4)25;/h17H,5-16H2,1-4H3,(H2,20,21,22);1H. The number of carbonyl (C=O) groups is 1. The van der Waals surface area contributed by atoms with Gasteiger partial charge in [-0.3, -0.25) is 14.7 Å². The van der Waals surface area contributed by atoms with E-state index in [0.29, 0.717) is 6.04 Å². The lowest BCUT2D eigenvalue weighted by atomic mass is 10.1. The highest BCUT2D eigenvalue weighted by atomic mass is 127. The molecule has 0 radical (unpaired) electrons. The molecule has 6 nitrogen and oxygen atoms in total. The molecule has 1 atom stereocenters. The van der Waals surface area contributed by atoms with E-state index in [9.17, 15) is 4.79 Å². The summed E-state index contributed by atoms with van der Waals surface area (Å²) < 4.78 is 0. The van der Waals surface area contributed by atoms with Crippen LogP contribution in [0.5, 0.6) is 0 Å². The van der Waals surface area contributed by atoms with Crippen LogP contribution in [0.4, 0.5) is 0 Å². The van der Waals surface area contributed by atoms with Crippen LogP contribution in [0.15, 0.2) is 4.99 Å². The number of unbranched alkanes of at least 4 members (excludes halogenated alkanes) is 3. The van der Waals surface area contributed by atoms with E-state index < -0.39 is 0 Å². The van der Waals surface area contributed by atoms with Crippen LogP contribution < -0.4 is 10.6 Å². The van der Waals surface area contributed by atoms with Crippen molar-refractivity contribution in [2.24, 2.45) is 4.99 Å². The number of piperazine rings is 1. The van der Waals surface area contributed by atoms with E-state index in [1.807, 2.05) is 4.90 Å². The molecule has 2 N–H and O–H groups in total. The number of rotatable bonds is 10. The zero-order chi connectivity index (χ0) is 18.5. The summed E-state index contributed by atoms with van der Waals surface area (Å²) in [4.78, 5) is 20.4. The molecule has 1 amide bonds. The number of halogens is 1. The molecule has 7 heteroatoms. The molecular weight excluding hydrogens is 441 g/mol. The number of guanidine groups is 1. The third kappa shape index (κ3) is 11.2. The van der Waals surface area contributed by atoms with E-state index in [-0.39, 0.29) is 29.9 Å². The van der Waals surface area contributed by atoms with Crippen molar-refractivity contribution >= 4 is 35.8 Å². The Morgan fingerprint density at radius 2 is 1.81 bits per heavy atom. The maximum atomic E-state index is 11.4. The molecule has 0 aromatic heterocycles. The number of nitrogens with zero attached hydrogens (tertiary/aromatic N) is 3. The molecule has 1 fully saturated rings. The Morgan fingerprint density at radius 1 is 1.12 bits per heavy atom. The Hall–Kier alpha value is -0.570. The van der Waals surface area contributed by atoms with Gasteiger partial charge in [0.15, 0.2) is 5.96 Å². The van der Waals surface area contributed by atoms with E-state index >= 15 is 0 Å². The maximum Gasteiger partial charge on any atom is 0.219 e. The van der Waals surface area contributed by atoms with Gasteiger partial charge in [-0.2, -0.15) is 0 Å². The fourth-order valence-corrected chi connectivity index (χ4v) is 3.09. The molecule has 154 valence electrons. The molecule has 0 bridgehead atoms. The number of amides is 1. The van der Waals surface area contributed by atoms with Gasteiger partial charge in [-0.05, 0) is 20.3 Å². The Labute approximate surface area is 177 Å². The lowest BCUT2D eigenvalue weighted by molar-refractivity contribution is -0.130. The van der Waals surface area contributed by atoms with E-state index in [0.717, 1.165) is 51.8 Å². The number of hydrogen-bond donors (Lipinski definition) is 2. The van der Waals surface area contributed by atoms with Crippen molar-refractivity contribution in [1.29, 1.82) is 0 Å². The van der Waals surface area contributed by atoms with Crippen molar-refractivity contribution in [3.05, 3.63) is 0 Å². The van der Waals surface area contributed by atoms with Gasteiger partial charge in [-0.15, -0.1) is 24.0 Å². The third-order valence-corrected chi connectivity index (χ3v) is 4.72. The summed E-state index contributed by atoms with van der Waals surface area (Å²) in [5, 5.41) is 6.86. The summed E-state index contributed by atoms with van der Waals surface area (Å²) >= 11 is 0. The topological polar surface area (TPSA) is 60.0 Å². The van der Waals surface area contributed by atoms with Crippen LogP contribution in [-0.2, 0) is 4.79 Å². The number of hydrogen-bond acceptors (Lipinski definition) is 3. The Morgan fingerprint density at radius 3 is 2.38 bits per heavy atom. The predicted octanol–water partition coefficient (Wildman–Crippen LogP) is 2.68. The van der Waals surface area contributed by atoms with Crippen LogP contribution in [0.25, 0.3) is 0 Å². The minimum Gasteiger partial charge on any atom is -0.357 e. The van der Waals surface area contributed by atoms with E-state index in [4.69, 9.17) is 4.99 Å². The van der Waals surface area contributed by atoms with Crippen molar-refractivity contribution in [3.8, 4) is 0 Å². The second-order valence-electron chi connectivity index (χ2n) is 7.00. The van der Waals surface area contributed by atoms with Gasteiger partial charge in [-0.25, -0.2) is 0 Å². The van der Waals surface area contributed by atoms with Gasteiger partial charge >= 0.3 is 0 Å². The molecule has 0 aromatic rings. The third-order valence-electron chi connectivity index (χ3n) is 4.72. The Balaban J connectivity index is 0.00000625. The highest BCUT2D eigenvalue weighted by Crippen LogP contribution is 2.05. The predicted molar refractivity (Wildman–Crippen MR) is 121 cm³/mol. The van der Waals surface area contributed by atoms with Gasteiger partial charge in [0, 0.05) is 52.2 Å². The van der Waals surface area contributed by atoms with Crippen LogP contribution in [-0.4, -0.2) is 73.5 Å². The molecule has 1 rings (SSSR count). The van der Waals surface area contributed by atoms with Crippen LogP contribution in [0.1, 0.15) is 59.8 Å². The molecule has 0 aromatic carbocycles. The van der Waals surface area contributed by atoms with Gasteiger partial charge in [0.25, 0.3) is 0 Å². The summed E-state index contributed by atoms with van der Waals surface area (Å²) in [5.74, 6) is 1.11. The number of carbonyl (C=O) groups excluding carboxylic acids is 1. The molecule has 1 heterocycles. The minimum absolute atomic E-state index is 0. The molecule has 1 aliphatic heterocycles. The molecule has 26 heavy (non-hydrogen) atoms. The molecule has 1 saturated heterocycles. The number of nitrogens with one attached hydrogen (secondary N) is 2. The molecule has 0 aliphatic carbocycles. The Bertz CT molecular complexity index is 397. The number of aliphatic imine (C=N–C) groups is 1. The lowest BCUT2D eigenvalue weighted by Gasteiger charge is -2.33. The smallest absolute Gasteiger partial charge is 0.219 e. The molecule has 0 spiro atoms. The zero-order valence-electron chi connectivity index (χ0n) is 17.2. The first kappa shape index (κ1) is 25.4. The minimum atomic E-state index is 0. The summed E-state index contributed by atoms with van der Waals surface area (Å²) in [6.45, 7) is 14.4. The van der Waals surface area contributed by atoms with Crippen LogP contribution >= 0.6 is 24.0 Å². The van der Waals surface area contributed by atoms with E-state index in [2.05, 4.69) is 36.3 Å². The quantitative estimate of drug-likeness (QED) is 0.218. The van der Waals surface area contributed by atoms with Crippen LogP contribution in [0.2, 0.25) is 0 Å². The van der Waals surface area contributed by atoms with Gasteiger partial charge < -0.3 is 15.5 Å². The SMILES string of the molecule is CCCCCCC(C)NC(=NCCN1CCN(C(C)=O)CC1)NCC.I. The van der Waals surface area contributed by atoms with Crippen molar-refractivity contribution < 1.29 is 4.79 Å². The van der Waals surface area contributed by atoms with Gasteiger partial charge in [0.1, 0.15) is 0 Å². The maximum absolute atomic E-state index is 11.4. The summed E-state index contributed by atoms with van der Waals surface area (Å²) in [5.41, 5.74) is 0. The lowest BCUT2D eigenvalue weighted by Crippen LogP contribution is -2.48. The first-order valence-electron chi connectivity index (χ1n) is 10.1. The van der Waals surface area contributed by atoms with E-state index in [1.54, 1.807) is 6.92 Å². The van der Waals surface area contributed by atoms with Crippen molar-refractivity contribution in [2.75, 3.05) is 45.8 Å². The fraction of sp³-hybridized carbons (Fsp3) is 0.895. The average molecular weight is 481 g/mol. The monoisotopic (exact) mass is 481 g/mol. The molecule has 0 saturated carbocycles. The molecule has 1 aliphatic rings. The second kappa shape index (κ2) is 15.5. The van der Waals surface area contributed by atoms with Gasteiger partial charge in [0.05, 0.1) is 6.54 Å². The average Bonchev–Trinajstić information content (AvgIpc) is 2.59. The summed E-state index contributed by atoms with van der Waals surface area (Å²) in [6, 6.07) is 0.453. The highest BCUT2D eigenvalue weighted by molar-refractivity contribution is 14.0.